The third kappa shape index (κ3) is 4.86. The number of nitrogens with zero attached hydrogens (tertiary/aromatic N) is 6. The Labute approximate surface area is 166 Å². The summed E-state index contributed by atoms with van der Waals surface area (Å²) in [5, 5.41) is 4.53. The van der Waals surface area contributed by atoms with Gasteiger partial charge in [-0.2, -0.15) is 10.1 Å². The van der Waals surface area contributed by atoms with Crippen LogP contribution in [-0.2, 0) is 13.1 Å². The highest BCUT2D eigenvalue weighted by Crippen LogP contribution is 2.22. The average Bonchev–Trinajstić information content (AvgIpc) is 2.97. The Balaban J connectivity index is 1.70. The highest BCUT2D eigenvalue weighted by Gasteiger charge is 2.09. The zero-order valence-electron chi connectivity index (χ0n) is 17.3. The van der Waals surface area contributed by atoms with Crippen molar-refractivity contribution in [3.8, 4) is 11.3 Å². The molecular weight excluding hydrogens is 350 g/mol. The molecule has 0 unspecified atom stereocenters. The Hall–Kier alpha value is -2.93. The number of aryl methyl sites for hydroxylation is 2. The molecular formula is C21H29N7. The number of anilines is 2. The summed E-state index contributed by atoms with van der Waals surface area (Å²) in [6, 6.07) is 12.4. The molecule has 0 atom stereocenters. The Morgan fingerprint density at radius 1 is 1.04 bits per heavy atom. The van der Waals surface area contributed by atoms with Crippen molar-refractivity contribution in [2.75, 3.05) is 38.3 Å². The van der Waals surface area contributed by atoms with Crippen LogP contribution in [0.3, 0.4) is 0 Å². The number of nitrogens with two attached hydrogens (primary N) is 1. The molecule has 7 nitrogen and oxygen atoms in total. The van der Waals surface area contributed by atoms with Gasteiger partial charge in [0.1, 0.15) is 5.82 Å². The van der Waals surface area contributed by atoms with E-state index in [2.05, 4.69) is 69.0 Å². The quantitative estimate of drug-likeness (QED) is 0.680. The molecule has 0 bridgehead atoms. The summed E-state index contributed by atoms with van der Waals surface area (Å²) in [6.45, 7) is 6.79. The number of rotatable bonds is 7. The molecule has 0 aliphatic rings. The van der Waals surface area contributed by atoms with E-state index in [0.717, 1.165) is 36.6 Å². The molecule has 3 aromatic rings. The van der Waals surface area contributed by atoms with Crippen molar-refractivity contribution < 1.29 is 0 Å². The first kappa shape index (κ1) is 19.8. The molecule has 0 aliphatic carbocycles. The van der Waals surface area contributed by atoms with E-state index in [1.807, 2.05) is 32.0 Å². The maximum atomic E-state index is 5.97. The highest BCUT2D eigenvalue weighted by molar-refractivity contribution is 5.64. The predicted molar refractivity (Wildman–Crippen MR) is 114 cm³/mol. The van der Waals surface area contributed by atoms with Gasteiger partial charge in [0.15, 0.2) is 0 Å². The third-order valence-electron chi connectivity index (χ3n) is 4.61. The second kappa shape index (κ2) is 8.39. The first-order valence-electron chi connectivity index (χ1n) is 9.42. The second-order valence-corrected chi connectivity index (χ2v) is 7.46. The van der Waals surface area contributed by atoms with E-state index in [1.54, 1.807) is 0 Å². The van der Waals surface area contributed by atoms with E-state index >= 15 is 0 Å². The van der Waals surface area contributed by atoms with Crippen molar-refractivity contribution in [2.45, 2.75) is 26.9 Å². The van der Waals surface area contributed by atoms with Crippen LogP contribution in [0.25, 0.3) is 11.3 Å². The fourth-order valence-electron chi connectivity index (χ4n) is 3.19. The standard InChI is InChI=1S/C21H29N7/c1-15-11-16(2)28(25-15)10-9-27(5)14-17-7-6-8-18(12-17)19-13-20(22)24-21(23-19)26(3)4/h6-8,11-13H,9-10,14H2,1-5H3,(H2,22,23,24). The predicted octanol–water partition coefficient (Wildman–Crippen LogP) is 2.74. The van der Waals surface area contributed by atoms with Gasteiger partial charge in [-0.1, -0.05) is 18.2 Å². The van der Waals surface area contributed by atoms with Gasteiger partial charge >= 0.3 is 0 Å². The summed E-state index contributed by atoms with van der Waals surface area (Å²) < 4.78 is 2.06. The molecule has 0 aliphatic heterocycles. The lowest BCUT2D eigenvalue weighted by atomic mass is 10.1. The van der Waals surface area contributed by atoms with Crippen LogP contribution >= 0.6 is 0 Å². The SMILES string of the molecule is Cc1cc(C)n(CCN(C)Cc2cccc(-c3cc(N)nc(N(C)C)n3)c2)n1. The molecule has 28 heavy (non-hydrogen) atoms. The summed E-state index contributed by atoms with van der Waals surface area (Å²) in [6.07, 6.45) is 0. The van der Waals surface area contributed by atoms with Crippen LogP contribution in [-0.4, -0.2) is 52.3 Å². The number of nitrogen functional groups attached to an aromatic ring is 1. The highest BCUT2D eigenvalue weighted by atomic mass is 15.3. The topological polar surface area (TPSA) is 76.1 Å². The van der Waals surface area contributed by atoms with Crippen molar-refractivity contribution in [1.29, 1.82) is 0 Å². The van der Waals surface area contributed by atoms with Gasteiger partial charge in [0.05, 0.1) is 17.9 Å². The molecule has 0 saturated heterocycles. The molecule has 0 radical (unpaired) electrons. The van der Waals surface area contributed by atoms with Gasteiger partial charge in [0.2, 0.25) is 5.95 Å². The number of aromatic nitrogens is 4. The number of hydrogen-bond acceptors (Lipinski definition) is 6. The van der Waals surface area contributed by atoms with Gasteiger partial charge in [-0.3, -0.25) is 4.68 Å². The Bertz CT molecular complexity index is 946. The fraction of sp³-hybridized carbons (Fsp3) is 0.381. The minimum Gasteiger partial charge on any atom is -0.384 e. The Morgan fingerprint density at radius 3 is 2.50 bits per heavy atom. The van der Waals surface area contributed by atoms with Gasteiger partial charge in [0, 0.05) is 44.5 Å². The van der Waals surface area contributed by atoms with E-state index in [-0.39, 0.29) is 0 Å². The molecule has 0 saturated carbocycles. The monoisotopic (exact) mass is 379 g/mol. The molecule has 7 heteroatoms. The second-order valence-electron chi connectivity index (χ2n) is 7.46. The van der Waals surface area contributed by atoms with Crippen LogP contribution in [0.2, 0.25) is 0 Å². The maximum Gasteiger partial charge on any atom is 0.227 e. The molecule has 1 aromatic carbocycles. The summed E-state index contributed by atoms with van der Waals surface area (Å²) in [5.41, 5.74) is 11.3. The van der Waals surface area contributed by atoms with Crippen LogP contribution in [0.1, 0.15) is 17.0 Å². The minimum absolute atomic E-state index is 0.473. The van der Waals surface area contributed by atoms with E-state index < -0.39 is 0 Å². The van der Waals surface area contributed by atoms with E-state index in [9.17, 15) is 0 Å². The Morgan fingerprint density at radius 2 is 1.82 bits per heavy atom. The lowest BCUT2D eigenvalue weighted by molar-refractivity contribution is 0.304. The van der Waals surface area contributed by atoms with Gasteiger partial charge in [0.25, 0.3) is 0 Å². The molecule has 2 aromatic heterocycles. The molecule has 2 N–H and O–H groups in total. The minimum atomic E-state index is 0.473. The van der Waals surface area contributed by atoms with Crippen LogP contribution in [0.4, 0.5) is 11.8 Å². The van der Waals surface area contributed by atoms with E-state index in [0.29, 0.717) is 11.8 Å². The largest absolute Gasteiger partial charge is 0.384 e. The molecule has 0 spiro atoms. The first-order valence-corrected chi connectivity index (χ1v) is 9.42. The molecule has 3 rings (SSSR count). The summed E-state index contributed by atoms with van der Waals surface area (Å²) in [7, 11) is 5.95. The van der Waals surface area contributed by atoms with E-state index in [1.165, 1.54) is 11.3 Å². The molecule has 148 valence electrons. The van der Waals surface area contributed by atoms with Gasteiger partial charge in [-0.15, -0.1) is 0 Å². The normalized spacial score (nSPS) is 11.2. The van der Waals surface area contributed by atoms with Crippen molar-refractivity contribution in [2.24, 2.45) is 0 Å². The molecule has 0 amide bonds. The molecule has 2 heterocycles. The Kier molecular flexibility index (Phi) is 5.94. The first-order chi connectivity index (χ1) is 13.3. The van der Waals surface area contributed by atoms with Crippen LogP contribution in [0, 0.1) is 13.8 Å². The van der Waals surface area contributed by atoms with Gasteiger partial charge < -0.3 is 15.5 Å². The zero-order chi connectivity index (χ0) is 20.3. The summed E-state index contributed by atoms with van der Waals surface area (Å²) >= 11 is 0. The zero-order valence-corrected chi connectivity index (χ0v) is 17.3. The van der Waals surface area contributed by atoms with Crippen molar-refractivity contribution in [1.82, 2.24) is 24.6 Å². The number of benzene rings is 1. The van der Waals surface area contributed by atoms with Crippen molar-refractivity contribution in [3.63, 3.8) is 0 Å². The number of hydrogen-bond donors (Lipinski definition) is 1. The lowest BCUT2D eigenvalue weighted by Crippen LogP contribution is -2.23. The van der Waals surface area contributed by atoms with Crippen LogP contribution in [0.15, 0.2) is 36.4 Å². The summed E-state index contributed by atoms with van der Waals surface area (Å²) in [4.78, 5) is 13.0. The lowest BCUT2D eigenvalue weighted by Gasteiger charge is -2.18. The van der Waals surface area contributed by atoms with E-state index in [4.69, 9.17) is 5.73 Å². The summed E-state index contributed by atoms with van der Waals surface area (Å²) in [5.74, 6) is 1.09. The van der Waals surface area contributed by atoms with Gasteiger partial charge in [-0.25, -0.2) is 4.98 Å². The average molecular weight is 380 g/mol. The maximum absolute atomic E-state index is 5.97. The van der Waals surface area contributed by atoms with Gasteiger partial charge in [-0.05, 0) is 38.6 Å². The van der Waals surface area contributed by atoms with Crippen molar-refractivity contribution >= 4 is 11.8 Å². The fourth-order valence-corrected chi connectivity index (χ4v) is 3.19. The smallest absolute Gasteiger partial charge is 0.227 e. The van der Waals surface area contributed by atoms with Crippen molar-refractivity contribution in [3.05, 3.63) is 53.3 Å². The van der Waals surface area contributed by atoms with Crippen LogP contribution in [0.5, 0.6) is 0 Å². The number of likely N-dealkylation sites (N-methyl/N-ethyl adjacent to an activating group) is 1. The third-order valence-corrected chi connectivity index (χ3v) is 4.61. The van der Waals surface area contributed by atoms with Crippen LogP contribution < -0.4 is 10.6 Å². The molecule has 0 fully saturated rings.